The molecule has 0 saturated heterocycles. The number of aryl methyl sites for hydroxylation is 3. The first-order valence-electron chi connectivity index (χ1n) is 4.10. The molecule has 0 radical (unpaired) electrons. The monoisotopic (exact) mass is 166 g/mol. The van der Waals surface area contributed by atoms with Crippen molar-refractivity contribution in [2.24, 2.45) is 5.73 Å². The van der Waals surface area contributed by atoms with E-state index >= 15 is 0 Å². The van der Waals surface area contributed by atoms with Crippen molar-refractivity contribution in [3.8, 4) is 0 Å². The van der Waals surface area contributed by atoms with Crippen molar-refractivity contribution < 1.29 is 0 Å². The summed E-state index contributed by atoms with van der Waals surface area (Å²) in [6, 6.07) is 0. The topological polar surface area (TPSA) is 64.7 Å². The van der Waals surface area contributed by atoms with E-state index in [0.29, 0.717) is 6.54 Å². The van der Waals surface area contributed by atoms with Crippen LogP contribution in [-0.2, 0) is 6.42 Å². The zero-order valence-corrected chi connectivity index (χ0v) is 7.54. The molecule has 0 fully saturated rings. The Morgan fingerprint density at radius 3 is 2.17 bits per heavy atom. The molecule has 66 valence electrons. The summed E-state index contributed by atoms with van der Waals surface area (Å²) >= 11 is 0. The maximum atomic E-state index is 5.38. The summed E-state index contributed by atoms with van der Waals surface area (Å²) < 4.78 is 0. The first-order chi connectivity index (χ1) is 5.72. The highest BCUT2D eigenvalue weighted by Crippen LogP contribution is 1.96. The summed E-state index contributed by atoms with van der Waals surface area (Å²) in [5, 5.41) is 0. The van der Waals surface area contributed by atoms with Crippen LogP contribution in [0, 0.1) is 13.8 Å². The summed E-state index contributed by atoms with van der Waals surface area (Å²) in [5.41, 5.74) is 5.38. The second kappa shape index (κ2) is 4.11. The molecule has 4 nitrogen and oxygen atoms in total. The SMILES string of the molecule is Cc1nc(C)nc(CCCN)n1. The molecule has 0 atom stereocenters. The molecule has 0 amide bonds. The molecule has 0 spiro atoms. The Bertz CT molecular complexity index is 239. The van der Waals surface area contributed by atoms with E-state index in [1.807, 2.05) is 13.8 Å². The van der Waals surface area contributed by atoms with Gasteiger partial charge in [-0.2, -0.15) is 0 Å². The van der Waals surface area contributed by atoms with Crippen molar-refractivity contribution in [2.75, 3.05) is 6.54 Å². The third-order valence-corrected chi connectivity index (χ3v) is 1.51. The molecule has 0 aliphatic rings. The second-order valence-electron chi connectivity index (χ2n) is 2.74. The number of rotatable bonds is 3. The number of nitrogens with zero attached hydrogens (tertiary/aromatic N) is 3. The lowest BCUT2D eigenvalue weighted by Crippen LogP contribution is -2.06. The van der Waals surface area contributed by atoms with Crippen LogP contribution in [0.1, 0.15) is 23.9 Å². The molecule has 0 bridgehead atoms. The molecule has 2 N–H and O–H groups in total. The fourth-order valence-electron chi connectivity index (χ4n) is 1.05. The third-order valence-electron chi connectivity index (χ3n) is 1.51. The normalized spacial score (nSPS) is 10.2. The summed E-state index contributed by atoms with van der Waals surface area (Å²) in [6.45, 7) is 4.44. The molecule has 0 unspecified atom stereocenters. The molecule has 1 aromatic rings. The maximum absolute atomic E-state index is 5.38. The predicted octanol–water partition coefficient (Wildman–Crippen LogP) is 0.380. The largest absolute Gasteiger partial charge is 0.330 e. The highest BCUT2D eigenvalue weighted by Gasteiger charge is 1.98. The first kappa shape index (κ1) is 9.06. The van der Waals surface area contributed by atoms with Crippen molar-refractivity contribution in [3.05, 3.63) is 17.5 Å². The van der Waals surface area contributed by atoms with E-state index in [1.165, 1.54) is 0 Å². The zero-order chi connectivity index (χ0) is 8.97. The van der Waals surface area contributed by atoms with Crippen molar-refractivity contribution in [1.82, 2.24) is 15.0 Å². The van der Waals surface area contributed by atoms with Gasteiger partial charge < -0.3 is 5.73 Å². The minimum Gasteiger partial charge on any atom is -0.330 e. The lowest BCUT2D eigenvalue weighted by Gasteiger charge is -2.00. The van der Waals surface area contributed by atoms with E-state index in [0.717, 1.165) is 30.3 Å². The van der Waals surface area contributed by atoms with Crippen molar-refractivity contribution >= 4 is 0 Å². The summed E-state index contributed by atoms with van der Waals surface area (Å²) in [7, 11) is 0. The smallest absolute Gasteiger partial charge is 0.132 e. The molecular weight excluding hydrogens is 152 g/mol. The van der Waals surface area contributed by atoms with Gasteiger partial charge in [-0.1, -0.05) is 0 Å². The van der Waals surface area contributed by atoms with Crippen molar-refractivity contribution in [1.29, 1.82) is 0 Å². The zero-order valence-electron chi connectivity index (χ0n) is 7.54. The highest BCUT2D eigenvalue weighted by molar-refractivity contribution is 4.94. The molecule has 1 rings (SSSR count). The molecule has 0 aliphatic heterocycles. The lowest BCUT2D eigenvalue weighted by molar-refractivity contribution is 0.748. The minimum absolute atomic E-state index is 0.684. The number of aromatic nitrogens is 3. The molecule has 0 aromatic carbocycles. The molecule has 1 heterocycles. The van der Waals surface area contributed by atoms with Crippen LogP contribution in [0.5, 0.6) is 0 Å². The van der Waals surface area contributed by atoms with Crippen LogP contribution in [0.4, 0.5) is 0 Å². The van der Waals surface area contributed by atoms with E-state index < -0.39 is 0 Å². The van der Waals surface area contributed by atoms with Gasteiger partial charge in [-0.05, 0) is 26.8 Å². The number of hydrogen-bond acceptors (Lipinski definition) is 4. The van der Waals surface area contributed by atoms with Gasteiger partial charge in [0.1, 0.15) is 17.5 Å². The van der Waals surface area contributed by atoms with E-state index in [-0.39, 0.29) is 0 Å². The lowest BCUT2D eigenvalue weighted by atomic mass is 10.3. The molecule has 0 saturated carbocycles. The summed E-state index contributed by atoms with van der Waals surface area (Å²) in [5.74, 6) is 2.43. The van der Waals surface area contributed by atoms with Crippen LogP contribution in [0.2, 0.25) is 0 Å². The van der Waals surface area contributed by atoms with Crippen molar-refractivity contribution in [3.63, 3.8) is 0 Å². The van der Waals surface area contributed by atoms with Crippen LogP contribution in [0.3, 0.4) is 0 Å². The van der Waals surface area contributed by atoms with Gasteiger partial charge in [0.05, 0.1) is 0 Å². The fourth-order valence-corrected chi connectivity index (χ4v) is 1.05. The van der Waals surface area contributed by atoms with Crippen LogP contribution in [0.15, 0.2) is 0 Å². The predicted molar refractivity (Wildman–Crippen MR) is 46.7 cm³/mol. The van der Waals surface area contributed by atoms with Gasteiger partial charge in [0, 0.05) is 6.42 Å². The third kappa shape index (κ3) is 2.54. The number of hydrogen-bond donors (Lipinski definition) is 1. The molecule has 12 heavy (non-hydrogen) atoms. The minimum atomic E-state index is 0.684. The first-order valence-corrected chi connectivity index (χ1v) is 4.10. The van der Waals surface area contributed by atoms with Crippen LogP contribution >= 0.6 is 0 Å². The van der Waals surface area contributed by atoms with Gasteiger partial charge in [0.2, 0.25) is 0 Å². The maximum Gasteiger partial charge on any atom is 0.132 e. The molecular formula is C8H14N4. The van der Waals surface area contributed by atoms with Gasteiger partial charge >= 0.3 is 0 Å². The van der Waals surface area contributed by atoms with Gasteiger partial charge in [-0.15, -0.1) is 0 Å². The van der Waals surface area contributed by atoms with E-state index in [1.54, 1.807) is 0 Å². The van der Waals surface area contributed by atoms with Gasteiger partial charge in [0.25, 0.3) is 0 Å². The Morgan fingerprint density at radius 2 is 1.67 bits per heavy atom. The Kier molecular flexibility index (Phi) is 3.10. The van der Waals surface area contributed by atoms with E-state index in [4.69, 9.17) is 5.73 Å². The van der Waals surface area contributed by atoms with Gasteiger partial charge in [-0.3, -0.25) is 0 Å². The van der Waals surface area contributed by atoms with Gasteiger partial charge in [-0.25, -0.2) is 15.0 Å². The Balaban J connectivity index is 2.72. The quantitative estimate of drug-likeness (QED) is 0.705. The number of nitrogens with two attached hydrogens (primary N) is 1. The van der Waals surface area contributed by atoms with E-state index in [9.17, 15) is 0 Å². The fraction of sp³-hybridized carbons (Fsp3) is 0.625. The second-order valence-corrected chi connectivity index (χ2v) is 2.74. The standard InChI is InChI=1S/C8H14N4/c1-6-10-7(2)12-8(11-6)4-3-5-9/h3-5,9H2,1-2H3. The Hall–Kier alpha value is -1.03. The Labute approximate surface area is 72.3 Å². The van der Waals surface area contributed by atoms with Crippen LogP contribution in [0.25, 0.3) is 0 Å². The van der Waals surface area contributed by atoms with Crippen LogP contribution in [-0.4, -0.2) is 21.5 Å². The summed E-state index contributed by atoms with van der Waals surface area (Å²) in [6.07, 6.45) is 1.78. The molecule has 4 heteroatoms. The van der Waals surface area contributed by atoms with Gasteiger partial charge in [0.15, 0.2) is 0 Å². The highest BCUT2D eigenvalue weighted by atomic mass is 15.0. The molecule has 1 aromatic heterocycles. The summed E-state index contributed by atoms with van der Waals surface area (Å²) in [4.78, 5) is 12.5. The average Bonchev–Trinajstić information content (AvgIpc) is 1.99. The average molecular weight is 166 g/mol. The van der Waals surface area contributed by atoms with E-state index in [2.05, 4.69) is 15.0 Å². The Morgan fingerprint density at radius 1 is 1.08 bits per heavy atom. The molecule has 0 aliphatic carbocycles. The van der Waals surface area contributed by atoms with Crippen molar-refractivity contribution in [2.45, 2.75) is 26.7 Å². The van der Waals surface area contributed by atoms with Crippen LogP contribution < -0.4 is 5.73 Å².